The zero-order valence-electron chi connectivity index (χ0n) is 12.8. The number of nitrogens with two attached hydrogens (primary N) is 1. The van der Waals surface area contributed by atoms with Gasteiger partial charge >= 0.3 is 11.9 Å². The predicted molar refractivity (Wildman–Crippen MR) is 82.2 cm³/mol. The van der Waals surface area contributed by atoms with E-state index in [-0.39, 0.29) is 18.3 Å². The lowest BCUT2D eigenvalue weighted by Gasteiger charge is -2.25. The van der Waals surface area contributed by atoms with Crippen molar-refractivity contribution < 1.29 is 13.2 Å². The molecule has 1 atom stereocenters. The Morgan fingerprint density at radius 3 is 2.74 bits per heavy atom. The number of hydrogen-bond acceptors (Lipinski definition) is 3. The fraction of sp³-hybridized carbons (Fsp3) is 0.533. The second-order valence-electron chi connectivity index (χ2n) is 6.08. The second kappa shape index (κ2) is 5.59. The number of aryl methyl sites for hydroxylation is 1. The van der Waals surface area contributed by atoms with Crippen LogP contribution < -0.4 is 11.4 Å². The van der Waals surface area contributed by atoms with Gasteiger partial charge in [-0.1, -0.05) is 0 Å². The Hall–Kier alpha value is -1.96. The van der Waals surface area contributed by atoms with Gasteiger partial charge in [0.25, 0.3) is 0 Å². The van der Waals surface area contributed by atoms with Crippen LogP contribution in [-0.4, -0.2) is 39.3 Å². The predicted octanol–water partition coefficient (Wildman–Crippen LogP) is 1.95. The van der Waals surface area contributed by atoms with Gasteiger partial charge in [0.1, 0.15) is 0 Å². The largest absolute Gasteiger partial charge is 0.401 e. The van der Waals surface area contributed by atoms with Crippen molar-refractivity contribution >= 4 is 16.7 Å². The summed E-state index contributed by atoms with van der Waals surface area (Å²) >= 11 is 0. The molecule has 1 aliphatic heterocycles. The van der Waals surface area contributed by atoms with Gasteiger partial charge in [0.2, 0.25) is 0 Å². The van der Waals surface area contributed by atoms with Crippen molar-refractivity contribution in [3.05, 3.63) is 28.7 Å². The van der Waals surface area contributed by atoms with Crippen LogP contribution in [-0.2, 0) is 13.6 Å². The number of halogens is 3. The molecule has 1 saturated heterocycles. The third kappa shape index (κ3) is 3.08. The lowest BCUT2D eigenvalue weighted by Crippen LogP contribution is -2.41. The SMILES string of the molecule is Cn1c(=O)n(CC2CCCN2CC(F)(F)F)c2cc(N)ccc21. The van der Waals surface area contributed by atoms with Gasteiger partial charge in [0.15, 0.2) is 0 Å². The van der Waals surface area contributed by atoms with Crippen LogP contribution in [0.15, 0.2) is 23.0 Å². The topological polar surface area (TPSA) is 56.2 Å². The summed E-state index contributed by atoms with van der Waals surface area (Å²) in [6.07, 6.45) is -2.86. The third-order valence-corrected chi connectivity index (χ3v) is 4.44. The molecule has 0 saturated carbocycles. The van der Waals surface area contributed by atoms with E-state index in [2.05, 4.69) is 0 Å². The number of rotatable bonds is 3. The average Bonchev–Trinajstić information content (AvgIpc) is 2.96. The standard InChI is InChI=1S/C15H19F3N4O/c1-20-12-5-4-10(19)7-13(12)22(14(20)23)8-11-3-2-6-21(11)9-15(16,17)18/h4-5,7,11H,2-3,6,8-9,19H2,1H3. The number of alkyl halides is 3. The fourth-order valence-corrected chi connectivity index (χ4v) is 3.35. The second-order valence-corrected chi connectivity index (χ2v) is 6.08. The van der Waals surface area contributed by atoms with E-state index >= 15 is 0 Å². The molecule has 0 spiro atoms. The molecule has 3 rings (SSSR count). The van der Waals surface area contributed by atoms with Crippen LogP contribution in [0.1, 0.15) is 12.8 Å². The van der Waals surface area contributed by atoms with Crippen molar-refractivity contribution in [3.8, 4) is 0 Å². The maximum Gasteiger partial charge on any atom is 0.401 e. The van der Waals surface area contributed by atoms with Crippen LogP contribution in [0, 0.1) is 0 Å². The van der Waals surface area contributed by atoms with Crippen LogP contribution in [0.3, 0.4) is 0 Å². The van der Waals surface area contributed by atoms with Gasteiger partial charge in [-0.3, -0.25) is 14.0 Å². The molecule has 0 bridgehead atoms. The summed E-state index contributed by atoms with van der Waals surface area (Å²) in [6, 6.07) is 4.86. The molecule has 2 N–H and O–H groups in total. The van der Waals surface area contributed by atoms with E-state index in [9.17, 15) is 18.0 Å². The molecule has 126 valence electrons. The summed E-state index contributed by atoms with van der Waals surface area (Å²) in [7, 11) is 1.65. The Morgan fingerprint density at radius 2 is 2.04 bits per heavy atom. The highest BCUT2D eigenvalue weighted by molar-refractivity contribution is 5.79. The zero-order chi connectivity index (χ0) is 16.8. The Labute approximate surface area is 131 Å². The normalized spacial score (nSPS) is 19.7. The van der Waals surface area contributed by atoms with Crippen molar-refractivity contribution in [2.45, 2.75) is 31.6 Å². The average molecular weight is 328 g/mol. The number of imidazole rings is 1. The van der Waals surface area contributed by atoms with Crippen molar-refractivity contribution in [1.29, 1.82) is 0 Å². The summed E-state index contributed by atoms with van der Waals surface area (Å²) in [5.74, 6) is 0. The van der Waals surface area contributed by atoms with Crippen LogP contribution in [0.4, 0.5) is 18.9 Å². The number of anilines is 1. The van der Waals surface area contributed by atoms with E-state index in [1.165, 1.54) is 14.0 Å². The first-order chi connectivity index (χ1) is 10.8. The summed E-state index contributed by atoms with van der Waals surface area (Å²) in [6.45, 7) is -0.277. The molecule has 1 aliphatic rings. The molecule has 0 amide bonds. The van der Waals surface area contributed by atoms with Crippen molar-refractivity contribution in [3.63, 3.8) is 0 Å². The minimum absolute atomic E-state index is 0.232. The number of nitrogen functional groups attached to an aromatic ring is 1. The lowest BCUT2D eigenvalue weighted by molar-refractivity contribution is -0.148. The van der Waals surface area contributed by atoms with E-state index in [1.54, 1.807) is 25.2 Å². The molecule has 1 fully saturated rings. The van der Waals surface area contributed by atoms with Gasteiger partial charge < -0.3 is 5.73 Å². The molecule has 1 aromatic carbocycles. The molecule has 1 unspecified atom stereocenters. The highest BCUT2D eigenvalue weighted by Crippen LogP contribution is 2.26. The van der Waals surface area contributed by atoms with E-state index in [0.29, 0.717) is 30.6 Å². The minimum Gasteiger partial charge on any atom is -0.399 e. The molecule has 23 heavy (non-hydrogen) atoms. The first kappa shape index (κ1) is 15.9. The van der Waals surface area contributed by atoms with Gasteiger partial charge in [-0.05, 0) is 37.6 Å². The van der Waals surface area contributed by atoms with E-state index in [4.69, 9.17) is 5.73 Å². The smallest absolute Gasteiger partial charge is 0.399 e. The molecule has 0 aliphatic carbocycles. The lowest BCUT2D eigenvalue weighted by atomic mass is 10.2. The van der Waals surface area contributed by atoms with Crippen LogP contribution in [0.2, 0.25) is 0 Å². The van der Waals surface area contributed by atoms with Gasteiger partial charge in [-0.25, -0.2) is 4.79 Å². The molecule has 2 aromatic rings. The number of benzene rings is 1. The maximum absolute atomic E-state index is 12.7. The van der Waals surface area contributed by atoms with Crippen molar-refractivity contribution in [1.82, 2.24) is 14.0 Å². The maximum atomic E-state index is 12.7. The zero-order valence-corrected chi connectivity index (χ0v) is 12.8. The number of likely N-dealkylation sites (tertiary alicyclic amines) is 1. The van der Waals surface area contributed by atoms with E-state index in [0.717, 1.165) is 5.52 Å². The van der Waals surface area contributed by atoms with Crippen molar-refractivity contribution in [2.75, 3.05) is 18.8 Å². The number of nitrogens with zero attached hydrogens (tertiary/aromatic N) is 3. The molecular weight excluding hydrogens is 309 g/mol. The molecule has 5 nitrogen and oxygen atoms in total. The van der Waals surface area contributed by atoms with E-state index < -0.39 is 12.7 Å². The molecule has 1 aromatic heterocycles. The highest BCUT2D eigenvalue weighted by atomic mass is 19.4. The van der Waals surface area contributed by atoms with Crippen LogP contribution in [0.25, 0.3) is 11.0 Å². The number of fused-ring (bicyclic) bond motifs is 1. The summed E-state index contributed by atoms with van der Waals surface area (Å²) in [5.41, 5.74) is 7.47. The Balaban J connectivity index is 1.93. The molecule has 2 heterocycles. The van der Waals surface area contributed by atoms with Crippen LogP contribution >= 0.6 is 0 Å². The van der Waals surface area contributed by atoms with E-state index in [1.807, 2.05) is 0 Å². The quantitative estimate of drug-likeness (QED) is 0.876. The summed E-state index contributed by atoms with van der Waals surface area (Å²) in [5, 5.41) is 0. The molecule has 8 heteroatoms. The number of aromatic nitrogens is 2. The van der Waals surface area contributed by atoms with Crippen LogP contribution in [0.5, 0.6) is 0 Å². The first-order valence-corrected chi connectivity index (χ1v) is 7.52. The first-order valence-electron chi connectivity index (χ1n) is 7.52. The Bertz CT molecular complexity index is 777. The van der Waals surface area contributed by atoms with Gasteiger partial charge in [0.05, 0.1) is 17.6 Å². The third-order valence-electron chi connectivity index (χ3n) is 4.44. The number of hydrogen-bond donors (Lipinski definition) is 1. The minimum atomic E-state index is -4.23. The van der Waals surface area contributed by atoms with Crippen molar-refractivity contribution in [2.24, 2.45) is 7.05 Å². The molecule has 0 radical (unpaired) electrons. The van der Waals surface area contributed by atoms with Gasteiger partial charge in [0, 0.05) is 25.3 Å². The summed E-state index contributed by atoms with van der Waals surface area (Å²) in [4.78, 5) is 13.8. The van der Waals surface area contributed by atoms with Gasteiger partial charge in [-0.15, -0.1) is 0 Å². The fourth-order valence-electron chi connectivity index (χ4n) is 3.35. The Morgan fingerprint density at radius 1 is 1.30 bits per heavy atom. The Kier molecular flexibility index (Phi) is 3.87. The molecular formula is C15H19F3N4O. The highest BCUT2D eigenvalue weighted by Gasteiger charge is 2.36. The monoisotopic (exact) mass is 328 g/mol. The van der Waals surface area contributed by atoms with Gasteiger partial charge in [-0.2, -0.15) is 13.2 Å². The summed E-state index contributed by atoms with van der Waals surface area (Å²) < 4.78 is 41.1.